The number of piperidine rings is 2. The summed E-state index contributed by atoms with van der Waals surface area (Å²) in [4.78, 5) is 5.01. The van der Waals surface area contributed by atoms with E-state index in [9.17, 15) is 9.50 Å². The summed E-state index contributed by atoms with van der Waals surface area (Å²) in [6.45, 7) is 6.36. The average molecular weight is 423 g/mol. The van der Waals surface area contributed by atoms with Crippen molar-refractivity contribution in [3.05, 3.63) is 34.6 Å². The number of hydrogen-bond acceptors (Lipinski definition) is 3. The van der Waals surface area contributed by atoms with Gasteiger partial charge < -0.3 is 5.11 Å². The van der Waals surface area contributed by atoms with E-state index < -0.39 is 5.60 Å². The second-order valence-electron chi connectivity index (χ2n) is 9.63. The first-order valence-corrected chi connectivity index (χ1v) is 12.0. The summed E-state index contributed by atoms with van der Waals surface area (Å²) in [5.41, 5.74) is -0.908. The van der Waals surface area contributed by atoms with E-state index in [0.717, 1.165) is 45.4 Å². The molecule has 3 fully saturated rings. The molecule has 2 heterocycles. The first kappa shape index (κ1) is 21.5. The number of benzene rings is 1. The Hall–Kier alpha value is -0.680. The van der Waals surface area contributed by atoms with Gasteiger partial charge in [0.2, 0.25) is 0 Å². The summed E-state index contributed by atoms with van der Waals surface area (Å²) in [6, 6.07) is 4.93. The van der Waals surface area contributed by atoms with Gasteiger partial charge in [0.05, 0.1) is 0 Å². The Labute approximate surface area is 180 Å². The molecular formula is C24H36ClFN2O. The van der Waals surface area contributed by atoms with Crippen molar-refractivity contribution in [3.8, 4) is 0 Å². The monoisotopic (exact) mass is 422 g/mol. The fourth-order valence-corrected chi connectivity index (χ4v) is 6.50. The minimum atomic E-state index is -1.02. The van der Waals surface area contributed by atoms with E-state index in [4.69, 9.17) is 11.6 Å². The Kier molecular flexibility index (Phi) is 6.55. The van der Waals surface area contributed by atoms with Crippen molar-refractivity contribution in [2.45, 2.75) is 88.3 Å². The van der Waals surface area contributed by atoms with E-state index in [-0.39, 0.29) is 23.8 Å². The SMILES string of the molecule is CC1(N2CCCCC2)CCCC(N2CCCCC2)C1(O)Cc1c(F)cccc1Cl. The van der Waals surface area contributed by atoms with Crippen molar-refractivity contribution < 1.29 is 9.50 Å². The summed E-state index contributed by atoms with van der Waals surface area (Å²) in [7, 11) is 0. The van der Waals surface area contributed by atoms with E-state index >= 15 is 0 Å². The largest absolute Gasteiger partial charge is 0.386 e. The van der Waals surface area contributed by atoms with E-state index in [0.29, 0.717) is 10.6 Å². The molecule has 0 bridgehead atoms. The molecule has 1 aromatic rings. The van der Waals surface area contributed by atoms with Gasteiger partial charge in [0.15, 0.2) is 0 Å². The summed E-state index contributed by atoms with van der Waals surface area (Å²) in [5, 5.41) is 13.0. The molecule has 2 aliphatic heterocycles. The molecule has 1 N–H and O–H groups in total. The summed E-state index contributed by atoms with van der Waals surface area (Å²) in [6.07, 6.45) is 10.6. The van der Waals surface area contributed by atoms with Gasteiger partial charge in [-0.3, -0.25) is 9.80 Å². The predicted molar refractivity (Wildman–Crippen MR) is 117 cm³/mol. The lowest BCUT2D eigenvalue weighted by atomic mass is 9.62. The van der Waals surface area contributed by atoms with Crippen LogP contribution >= 0.6 is 11.6 Å². The Morgan fingerprint density at radius 3 is 2.34 bits per heavy atom. The van der Waals surface area contributed by atoms with Gasteiger partial charge in [-0.2, -0.15) is 0 Å². The normalized spacial score (nSPS) is 35.0. The molecule has 2 saturated heterocycles. The second kappa shape index (κ2) is 8.82. The van der Waals surface area contributed by atoms with Crippen LogP contribution < -0.4 is 0 Å². The van der Waals surface area contributed by atoms with E-state index in [1.165, 1.54) is 44.6 Å². The van der Waals surface area contributed by atoms with Crippen molar-refractivity contribution in [1.82, 2.24) is 9.80 Å². The number of hydrogen-bond donors (Lipinski definition) is 1. The lowest BCUT2D eigenvalue weighted by Crippen LogP contribution is -2.74. The molecule has 3 nitrogen and oxygen atoms in total. The van der Waals surface area contributed by atoms with Crippen molar-refractivity contribution in [2.24, 2.45) is 0 Å². The number of halogens is 2. The Morgan fingerprint density at radius 2 is 1.69 bits per heavy atom. The Morgan fingerprint density at radius 1 is 1.03 bits per heavy atom. The third kappa shape index (κ3) is 3.98. The average Bonchev–Trinajstić information content (AvgIpc) is 2.74. The minimum Gasteiger partial charge on any atom is -0.386 e. The molecule has 3 atom stereocenters. The Balaban J connectivity index is 1.75. The molecule has 3 unspecified atom stereocenters. The zero-order valence-corrected chi connectivity index (χ0v) is 18.6. The molecule has 1 aliphatic carbocycles. The van der Waals surface area contributed by atoms with Crippen molar-refractivity contribution in [1.29, 1.82) is 0 Å². The third-order valence-corrected chi connectivity index (χ3v) is 8.37. The van der Waals surface area contributed by atoms with Crippen LogP contribution in [0.5, 0.6) is 0 Å². The van der Waals surface area contributed by atoms with Gasteiger partial charge >= 0.3 is 0 Å². The fraction of sp³-hybridized carbons (Fsp3) is 0.750. The number of nitrogens with zero attached hydrogens (tertiary/aromatic N) is 2. The van der Waals surface area contributed by atoms with Crippen LogP contribution in [0.1, 0.15) is 70.3 Å². The molecule has 29 heavy (non-hydrogen) atoms. The van der Waals surface area contributed by atoms with Crippen molar-refractivity contribution >= 4 is 11.6 Å². The van der Waals surface area contributed by atoms with Gasteiger partial charge in [-0.05, 0) is 90.2 Å². The number of likely N-dealkylation sites (tertiary alicyclic amines) is 2. The van der Waals surface area contributed by atoms with E-state index in [2.05, 4.69) is 16.7 Å². The topological polar surface area (TPSA) is 26.7 Å². The summed E-state index contributed by atoms with van der Waals surface area (Å²) in [5.74, 6) is -0.296. The number of aliphatic hydroxyl groups is 1. The van der Waals surface area contributed by atoms with Gasteiger partial charge in [0.1, 0.15) is 11.4 Å². The van der Waals surface area contributed by atoms with Crippen LogP contribution in [-0.4, -0.2) is 58.3 Å². The lowest BCUT2D eigenvalue weighted by Gasteiger charge is -2.61. The third-order valence-electron chi connectivity index (χ3n) is 8.02. The van der Waals surface area contributed by atoms with Crippen LogP contribution in [0.2, 0.25) is 5.02 Å². The molecule has 3 aliphatic rings. The van der Waals surface area contributed by atoms with Gasteiger partial charge in [0, 0.05) is 28.6 Å². The van der Waals surface area contributed by atoms with Crippen LogP contribution in [0.25, 0.3) is 0 Å². The van der Waals surface area contributed by atoms with Crippen LogP contribution in [0.4, 0.5) is 4.39 Å². The van der Waals surface area contributed by atoms with Crippen molar-refractivity contribution in [3.63, 3.8) is 0 Å². The molecule has 5 heteroatoms. The first-order valence-electron chi connectivity index (χ1n) is 11.6. The van der Waals surface area contributed by atoms with Crippen LogP contribution in [0.15, 0.2) is 18.2 Å². The molecule has 4 rings (SSSR count). The van der Waals surface area contributed by atoms with Gasteiger partial charge in [-0.1, -0.05) is 30.5 Å². The molecule has 1 saturated carbocycles. The summed E-state index contributed by atoms with van der Waals surface area (Å²) >= 11 is 6.44. The maximum atomic E-state index is 14.8. The van der Waals surface area contributed by atoms with Gasteiger partial charge in [-0.25, -0.2) is 4.39 Å². The fourth-order valence-electron chi connectivity index (χ4n) is 6.27. The van der Waals surface area contributed by atoms with Crippen LogP contribution in [0, 0.1) is 5.82 Å². The van der Waals surface area contributed by atoms with Gasteiger partial charge in [-0.15, -0.1) is 0 Å². The molecule has 0 radical (unpaired) electrons. The first-order chi connectivity index (χ1) is 14.0. The maximum absolute atomic E-state index is 14.8. The van der Waals surface area contributed by atoms with Gasteiger partial charge in [0.25, 0.3) is 0 Å². The smallest absolute Gasteiger partial charge is 0.127 e. The van der Waals surface area contributed by atoms with Crippen LogP contribution in [0.3, 0.4) is 0 Å². The molecule has 1 aromatic carbocycles. The number of rotatable bonds is 4. The quantitative estimate of drug-likeness (QED) is 0.736. The minimum absolute atomic E-state index is 0.0548. The molecule has 162 valence electrons. The molecule has 0 spiro atoms. The van der Waals surface area contributed by atoms with Crippen LogP contribution in [-0.2, 0) is 6.42 Å². The zero-order chi connectivity index (χ0) is 20.5. The highest BCUT2D eigenvalue weighted by atomic mass is 35.5. The van der Waals surface area contributed by atoms with E-state index in [1.54, 1.807) is 12.1 Å². The highest BCUT2D eigenvalue weighted by Crippen LogP contribution is 2.47. The van der Waals surface area contributed by atoms with Crippen molar-refractivity contribution in [2.75, 3.05) is 26.2 Å². The second-order valence-corrected chi connectivity index (χ2v) is 10.0. The highest BCUT2D eigenvalue weighted by Gasteiger charge is 2.58. The Bertz CT molecular complexity index is 684. The molecule has 0 aromatic heterocycles. The molecule has 0 amide bonds. The standard InChI is InChI=1S/C24H36ClFN2O/c1-23(28-16-6-3-7-17-28)13-9-12-22(27-14-4-2-5-15-27)24(23,29)18-19-20(25)10-8-11-21(19)26/h8,10-11,22,29H,2-7,9,12-18H2,1H3. The van der Waals surface area contributed by atoms with E-state index in [1.807, 2.05) is 0 Å². The highest BCUT2D eigenvalue weighted by molar-refractivity contribution is 6.31. The summed E-state index contributed by atoms with van der Waals surface area (Å²) < 4.78 is 14.8. The zero-order valence-electron chi connectivity index (χ0n) is 17.8. The maximum Gasteiger partial charge on any atom is 0.127 e. The molecular weight excluding hydrogens is 387 g/mol. The predicted octanol–water partition coefficient (Wildman–Crippen LogP) is 5.04. The lowest BCUT2D eigenvalue weighted by molar-refractivity contribution is -0.178.